The molecule has 0 saturated heterocycles. The first-order chi connectivity index (χ1) is 8.80. The summed E-state index contributed by atoms with van der Waals surface area (Å²) in [4.78, 5) is 8.85. The van der Waals surface area contributed by atoms with Crippen LogP contribution in [0.3, 0.4) is 0 Å². The zero-order chi connectivity index (χ0) is 12.5. The molecule has 0 aromatic carbocycles. The van der Waals surface area contributed by atoms with Crippen molar-refractivity contribution in [2.24, 2.45) is 17.7 Å². The van der Waals surface area contributed by atoms with Gasteiger partial charge >= 0.3 is 0 Å². The molecule has 2 fully saturated rings. The number of rotatable bonds is 6. The van der Waals surface area contributed by atoms with Crippen LogP contribution in [-0.2, 0) is 6.42 Å². The van der Waals surface area contributed by atoms with E-state index in [0.29, 0.717) is 11.9 Å². The van der Waals surface area contributed by atoms with Gasteiger partial charge in [0.15, 0.2) is 0 Å². The van der Waals surface area contributed by atoms with Crippen molar-refractivity contribution in [1.29, 1.82) is 0 Å². The van der Waals surface area contributed by atoms with Crippen LogP contribution in [0.15, 0.2) is 6.07 Å². The maximum atomic E-state index is 5.45. The highest BCUT2D eigenvalue weighted by Gasteiger charge is 2.41. The van der Waals surface area contributed by atoms with Crippen molar-refractivity contribution in [3.8, 4) is 0 Å². The molecule has 5 nitrogen and oxygen atoms in total. The van der Waals surface area contributed by atoms with Gasteiger partial charge in [-0.15, -0.1) is 0 Å². The third-order valence-corrected chi connectivity index (χ3v) is 3.81. The number of hydrazine groups is 1. The molecule has 1 aromatic heterocycles. The Kier molecular flexibility index (Phi) is 3.07. The van der Waals surface area contributed by atoms with Gasteiger partial charge in [0.2, 0.25) is 0 Å². The van der Waals surface area contributed by atoms with E-state index in [1.54, 1.807) is 0 Å². The van der Waals surface area contributed by atoms with Gasteiger partial charge in [-0.25, -0.2) is 15.8 Å². The molecule has 0 bridgehead atoms. The Morgan fingerprint density at radius 2 is 1.83 bits per heavy atom. The van der Waals surface area contributed by atoms with Gasteiger partial charge in [-0.1, -0.05) is 6.92 Å². The van der Waals surface area contributed by atoms with Gasteiger partial charge in [0.25, 0.3) is 0 Å². The molecule has 98 valence electrons. The number of anilines is 2. The monoisotopic (exact) mass is 247 g/mol. The third-order valence-electron chi connectivity index (χ3n) is 3.81. The van der Waals surface area contributed by atoms with Crippen LogP contribution in [-0.4, -0.2) is 16.0 Å². The Morgan fingerprint density at radius 3 is 2.33 bits per heavy atom. The molecule has 5 heteroatoms. The summed E-state index contributed by atoms with van der Waals surface area (Å²) in [5.41, 5.74) is 2.61. The van der Waals surface area contributed by atoms with Gasteiger partial charge < -0.3 is 10.7 Å². The van der Waals surface area contributed by atoms with Crippen LogP contribution in [0.4, 0.5) is 11.6 Å². The summed E-state index contributed by atoms with van der Waals surface area (Å²) in [6.07, 6.45) is 6.27. The Hall–Kier alpha value is -1.36. The van der Waals surface area contributed by atoms with Crippen molar-refractivity contribution in [1.82, 2.24) is 9.97 Å². The molecule has 0 atom stereocenters. The zero-order valence-electron chi connectivity index (χ0n) is 10.8. The van der Waals surface area contributed by atoms with Gasteiger partial charge in [0, 0.05) is 18.5 Å². The molecule has 0 radical (unpaired) electrons. The van der Waals surface area contributed by atoms with Gasteiger partial charge in [0.05, 0.1) is 0 Å². The fourth-order valence-electron chi connectivity index (χ4n) is 2.51. The van der Waals surface area contributed by atoms with E-state index in [1.165, 1.54) is 25.7 Å². The highest BCUT2D eigenvalue weighted by atomic mass is 15.3. The molecular formula is C13H21N5. The number of nitrogens with zero attached hydrogens (tertiary/aromatic N) is 2. The molecule has 2 saturated carbocycles. The molecule has 1 heterocycles. The summed E-state index contributed by atoms with van der Waals surface area (Å²) in [5, 5.41) is 3.61. The van der Waals surface area contributed by atoms with Crippen molar-refractivity contribution in [2.45, 2.75) is 45.1 Å². The second-order valence-corrected chi connectivity index (χ2v) is 5.40. The molecular weight excluding hydrogens is 226 g/mol. The lowest BCUT2D eigenvalue weighted by molar-refractivity contribution is 0.565. The molecule has 2 aliphatic rings. The summed E-state index contributed by atoms with van der Waals surface area (Å²) >= 11 is 0. The van der Waals surface area contributed by atoms with Crippen LogP contribution >= 0.6 is 0 Å². The van der Waals surface area contributed by atoms with Crippen molar-refractivity contribution in [2.75, 3.05) is 10.7 Å². The summed E-state index contributed by atoms with van der Waals surface area (Å²) in [6, 6.07) is 2.51. The van der Waals surface area contributed by atoms with Crippen molar-refractivity contribution < 1.29 is 0 Å². The lowest BCUT2D eigenvalue weighted by Crippen LogP contribution is -2.25. The number of aryl methyl sites for hydroxylation is 1. The highest BCUT2D eigenvalue weighted by Crippen LogP contribution is 2.45. The van der Waals surface area contributed by atoms with Gasteiger partial charge in [-0.2, -0.15) is 0 Å². The second-order valence-electron chi connectivity index (χ2n) is 5.40. The van der Waals surface area contributed by atoms with Crippen LogP contribution in [0.2, 0.25) is 0 Å². The molecule has 4 N–H and O–H groups in total. The van der Waals surface area contributed by atoms with E-state index < -0.39 is 0 Å². The average Bonchev–Trinajstić information content (AvgIpc) is 3.28. The summed E-state index contributed by atoms with van der Waals surface area (Å²) in [6.45, 7) is 2.05. The Balaban J connectivity index is 1.77. The highest BCUT2D eigenvalue weighted by molar-refractivity contribution is 5.48. The minimum Gasteiger partial charge on any atom is -0.367 e. The van der Waals surface area contributed by atoms with Crippen molar-refractivity contribution in [3.05, 3.63) is 11.9 Å². The van der Waals surface area contributed by atoms with Crippen LogP contribution in [0.25, 0.3) is 0 Å². The first-order valence-corrected chi connectivity index (χ1v) is 6.91. The van der Waals surface area contributed by atoms with E-state index in [-0.39, 0.29) is 0 Å². The van der Waals surface area contributed by atoms with E-state index in [1.807, 2.05) is 6.07 Å². The molecule has 0 unspecified atom stereocenters. The maximum absolute atomic E-state index is 5.45. The topological polar surface area (TPSA) is 75.9 Å². The summed E-state index contributed by atoms with van der Waals surface area (Å²) < 4.78 is 0. The number of nitrogen functional groups attached to an aromatic ring is 1. The number of hydrogen-bond acceptors (Lipinski definition) is 5. The van der Waals surface area contributed by atoms with Crippen molar-refractivity contribution >= 4 is 11.6 Å². The van der Waals surface area contributed by atoms with Crippen LogP contribution in [0.1, 0.15) is 38.4 Å². The molecule has 0 spiro atoms. The maximum Gasteiger partial charge on any atom is 0.145 e. The molecule has 2 aliphatic carbocycles. The largest absolute Gasteiger partial charge is 0.367 e. The third kappa shape index (κ3) is 2.56. The van der Waals surface area contributed by atoms with Crippen LogP contribution in [0, 0.1) is 11.8 Å². The number of hydrogen-bond donors (Lipinski definition) is 3. The first kappa shape index (κ1) is 11.7. The quantitative estimate of drug-likeness (QED) is 0.529. The smallest absolute Gasteiger partial charge is 0.145 e. The SMILES string of the molecule is CCc1nc(NN)cc(NC(C2CC2)C2CC2)n1. The lowest BCUT2D eigenvalue weighted by Gasteiger charge is -2.19. The predicted octanol–water partition coefficient (Wildman–Crippen LogP) is 1.93. The van der Waals surface area contributed by atoms with E-state index in [2.05, 4.69) is 27.6 Å². The van der Waals surface area contributed by atoms with Gasteiger partial charge in [-0.05, 0) is 37.5 Å². The Morgan fingerprint density at radius 1 is 1.22 bits per heavy atom. The van der Waals surface area contributed by atoms with Gasteiger partial charge in [0.1, 0.15) is 17.5 Å². The fourth-order valence-corrected chi connectivity index (χ4v) is 2.51. The van der Waals surface area contributed by atoms with E-state index in [0.717, 1.165) is 29.9 Å². The molecule has 0 amide bonds. The minimum absolute atomic E-state index is 0.607. The van der Waals surface area contributed by atoms with Crippen molar-refractivity contribution in [3.63, 3.8) is 0 Å². The van der Waals surface area contributed by atoms with E-state index in [4.69, 9.17) is 5.84 Å². The van der Waals surface area contributed by atoms with E-state index >= 15 is 0 Å². The molecule has 3 rings (SSSR count). The first-order valence-electron chi connectivity index (χ1n) is 6.91. The standard InChI is InChI=1S/C13H21N5/c1-2-10-15-11(7-12(16-10)18-14)17-13(8-3-4-8)9-5-6-9/h7-9,13H,2-6,14H2,1H3,(H2,15,16,17,18). The van der Waals surface area contributed by atoms with E-state index in [9.17, 15) is 0 Å². The van der Waals surface area contributed by atoms with Crippen LogP contribution in [0.5, 0.6) is 0 Å². The summed E-state index contributed by atoms with van der Waals surface area (Å²) in [5.74, 6) is 9.59. The zero-order valence-corrected chi connectivity index (χ0v) is 10.8. The number of nitrogens with two attached hydrogens (primary N) is 1. The van der Waals surface area contributed by atoms with Gasteiger partial charge in [-0.3, -0.25) is 0 Å². The van der Waals surface area contributed by atoms with Crippen LogP contribution < -0.4 is 16.6 Å². The lowest BCUT2D eigenvalue weighted by atomic mass is 10.1. The molecule has 1 aromatic rings. The minimum atomic E-state index is 0.607. The number of aromatic nitrogens is 2. The number of nitrogens with one attached hydrogen (secondary N) is 2. The Labute approximate surface area is 108 Å². The average molecular weight is 247 g/mol. The second kappa shape index (κ2) is 4.72. The fraction of sp³-hybridized carbons (Fsp3) is 0.692. The normalized spacial score (nSPS) is 19.1. The predicted molar refractivity (Wildman–Crippen MR) is 72.1 cm³/mol. The summed E-state index contributed by atoms with van der Waals surface area (Å²) in [7, 11) is 0. The molecule has 18 heavy (non-hydrogen) atoms. The molecule has 0 aliphatic heterocycles. The Bertz CT molecular complexity index is 391.